The SMILES string of the molecule is Cc1cc(C#N)cc2c1cc(Cc1c(Cl)ccc(O[C@H]3CC[C@@H](C(=O)O)C3)c1Cl)n2C.Cc1cc(C#N)cc2c1cc(Cc1c(Cl)ccc(O[C@H]3CC[C@H](C(=O)O)C3)c1Cl)n2C. The lowest BCUT2D eigenvalue weighted by Crippen LogP contribution is -2.16. The molecule has 0 bridgehead atoms. The molecule has 2 heterocycles. The maximum Gasteiger partial charge on any atom is 0.306 e. The van der Waals surface area contributed by atoms with Gasteiger partial charge in [0.1, 0.15) is 11.5 Å². The first-order chi connectivity index (χ1) is 29.6. The van der Waals surface area contributed by atoms with Gasteiger partial charge in [0.25, 0.3) is 0 Å². The van der Waals surface area contributed by atoms with Crippen LogP contribution in [0, 0.1) is 48.3 Å². The molecule has 2 saturated carbocycles. The summed E-state index contributed by atoms with van der Waals surface area (Å²) in [6, 6.07) is 23.2. The van der Waals surface area contributed by atoms with Crippen molar-refractivity contribution < 1.29 is 29.3 Å². The second kappa shape index (κ2) is 18.5. The van der Waals surface area contributed by atoms with E-state index in [0.717, 1.165) is 55.4 Å². The zero-order chi connectivity index (χ0) is 44.6. The number of hydrogen-bond donors (Lipinski definition) is 2. The molecule has 62 heavy (non-hydrogen) atoms. The first-order valence-electron chi connectivity index (χ1n) is 20.3. The van der Waals surface area contributed by atoms with Crippen LogP contribution in [-0.2, 0) is 36.5 Å². The third kappa shape index (κ3) is 9.21. The number of carbonyl (C=O) groups is 2. The number of aryl methyl sites for hydroxylation is 4. The van der Waals surface area contributed by atoms with Crippen molar-refractivity contribution in [2.75, 3.05) is 0 Å². The Kier molecular flexibility index (Phi) is 13.4. The number of rotatable bonds is 10. The lowest BCUT2D eigenvalue weighted by atomic mass is 10.1. The van der Waals surface area contributed by atoms with Crippen LogP contribution in [-0.4, -0.2) is 43.5 Å². The van der Waals surface area contributed by atoms with Gasteiger partial charge in [0, 0.05) is 70.2 Å². The van der Waals surface area contributed by atoms with Crippen LogP contribution in [0.25, 0.3) is 21.8 Å². The van der Waals surface area contributed by atoms with Crippen LogP contribution >= 0.6 is 46.4 Å². The molecule has 2 aromatic heterocycles. The molecule has 0 aliphatic heterocycles. The summed E-state index contributed by atoms with van der Waals surface area (Å²) in [6.07, 6.45) is 4.23. The van der Waals surface area contributed by atoms with E-state index in [9.17, 15) is 30.3 Å². The van der Waals surface area contributed by atoms with Crippen LogP contribution in [0.4, 0.5) is 0 Å². The molecule has 4 aromatic carbocycles. The lowest BCUT2D eigenvalue weighted by molar-refractivity contribution is -0.142. The Morgan fingerprint density at radius 2 is 1.03 bits per heavy atom. The minimum absolute atomic E-state index is 0.169. The molecule has 10 nitrogen and oxygen atoms in total. The summed E-state index contributed by atoms with van der Waals surface area (Å²) in [7, 11) is 3.93. The van der Waals surface area contributed by atoms with Crippen LogP contribution < -0.4 is 9.47 Å². The second-order valence-corrected chi connectivity index (χ2v) is 17.8. The summed E-state index contributed by atoms with van der Waals surface area (Å²) in [5.74, 6) is -1.24. The maximum atomic E-state index is 11.2. The Morgan fingerprint density at radius 3 is 1.37 bits per heavy atom. The van der Waals surface area contributed by atoms with Gasteiger partial charge in [-0.25, -0.2) is 0 Å². The van der Waals surface area contributed by atoms with Gasteiger partial charge in [-0.3, -0.25) is 9.59 Å². The topological polar surface area (TPSA) is 150 Å². The second-order valence-electron chi connectivity index (χ2n) is 16.3. The number of halogens is 4. The third-order valence-corrected chi connectivity index (χ3v) is 13.8. The number of hydrogen-bond acceptors (Lipinski definition) is 6. The predicted molar refractivity (Wildman–Crippen MR) is 242 cm³/mol. The van der Waals surface area contributed by atoms with Crippen molar-refractivity contribution in [1.29, 1.82) is 10.5 Å². The number of fused-ring (bicyclic) bond motifs is 2. The van der Waals surface area contributed by atoms with Crippen molar-refractivity contribution in [1.82, 2.24) is 9.13 Å². The first kappa shape index (κ1) is 44.7. The van der Waals surface area contributed by atoms with Crippen LogP contribution in [0.15, 0.2) is 60.7 Å². The Hall–Kier alpha value is -5.36. The molecule has 0 unspecified atom stereocenters. The van der Waals surface area contributed by atoms with E-state index in [4.69, 9.17) is 55.9 Å². The van der Waals surface area contributed by atoms with E-state index in [2.05, 4.69) is 33.4 Å². The number of aromatic nitrogens is 2. The highest BCUT2D eigenvalue weighted by Crippen LogP contribution is 2.41. The smallest absolute Gasteiger partial charge is 0.306 e. The van der Waals surface area contributed by atoms with E-state index < -0.39 is 11.9 Å². The molecular formula is C48H44Cl4N4O6. The summed E-state index contributed by atoms with van der Waals surface area (Å²) < 4.78 is 16.2. The standard InChI is InChI=1S/2C24H22Cl2N2O3/c2*1-13-7-14(12-27)8-21-18(13)10-16(28(21)2)11-19-20(25)5-6-22(23(19)26)31-17-4-3-15(9-17)24(29)30/h2*5-8,10,15,17H,3-4,9,11H2,1-2H3,(H,29,30)/t15-,17+;15-,17-/m10/s1. The van der Waals surface area contributed by atoms with Crippen molar-refractivity contribution in [3.8, 4) is 23.6 Å². The van der Waals surface area contributed by atoms with E-state index in [1.807, 2.05) is 52.2 Å². The number of aliphatic carboxylic acids is 2. The summed E-state index contributed by atoms with van der Waals surface area (Å²) in [5.41, 5.74) is 8.85. The molecule has 2 aliphatic carbocycles. The van der Waals surface area contributed by atoms with E-state index in [-0.39, 0.29) is 24.0 Å². The third-order valence-electron chi connectivity index (χ3n) is 12.3. The monoisotopic (exact) mass is 912 g/mol. The van der Waals surface area contributed by atoms with E-state index in [0.29, 0.717) is 94.1 Å². The molecule has 14 heteroatoms. The van der Waals surface area contributed by atoms with Crippen LogP contribution in [0.2, 0.25) is 20.1 Å². The summed E-state index contributed by atoms with van der Waals surface area (Å²) in [6.45, 7) is 3.99. The fraction of sp³-hybridized carbons (Fsp3) is 0.333. The van der Waals surface area contributed by atoms with Gasteiger partial charge in [0.05, 0.1) is 57.4 Å². The molecule has 8 rings (SSSR count). The van der Waals surface area contributed by atoms with E-state index in [1.165, 1.54) is 0 Å². The molecule has 2 fully saturated rings. The van der Waals surface area contributed by atoms with Crippen molar-refractivity contribution in [2.24, 2.45) is 25.9 Å². The molecule has 0 spiro atoms. The molecule has 320 valence electrons. The van der Waals surface area contributed by atoms with Crippen LogP contribution in [0.1, 0.15) is 83.3 Å². The predicted octanol–water partition coefficient (Wildman–Crippen LogP) is 11.8. The number of benzene rings is 4. The largest absolute Gasteiger partial charge is 0.489 e. The Labute approximate surface area is 379 Å². The van der Waals surface area contributed by atoms with Gasteiger partial charge in [-0.2, -0.15) is 10.5 Å². The summed E-state index contributed by atoms with van der Waals surface area (Å²) in [5, 5.41) is 41.2. The zero-order valence-corrected chi connectivity index (χ0v) is 37.6. The van der Waals surface area contributed by atoms with Gasteiger partial charge in [-0.05, 0) is 135 Å². The zero-order valence-electron chi connectivity index (χ0n) is 34.6. The van der Waals surface area contributed by atoms with Crippen molar-refractivity contribution in [3.63, 3.8) is 0 Å². The molecule has 0 amide bonds. The van der Waals surface area contributed by atoms with Gasteiger partial charge in [-0.1, -0.05) is 46.4 Å². The highest BCUT2D eigenvalue weighted by Gasteiger charge is 2.33. The fourth-order valence-electron chi connectivity index (χ4n) is 8.72. The average molecular weight is 915 g/mol. The highest BCUT2D eigenvalue weighted by molar-refractivity contribution is 6.37. The Balaban J connectivity index is 0.000000186. The fourth-order valence-corrected chi connectivity index (χ4v) is 9.81. The van der Waals surface area contributed by atoms with E-state index in [1.54, 1.807) is 24.3 Å². The van der Waals surface area contributed by atoms with Gasteiger partial charge in [0.2, 0.25) is 0 Å². The van der Waals surface area contributed by atoms with Crippen molar-refractivity contribution >= 4 is 80.1 Å². The molecule has 2 aliphatic rings. The number of carboxylic acids is 2. The molecule has 6 aromatic rings. The van der Waals surface area contributed by atoms with Gasteiger partial charge in [0.15, 0.2) is 0 Å². The van der Waals surface area contributed by atoms with Crippen molar-refractivity contribution in [2.45, 2.75) is 77.4 Å². The summed E-state index contributed by atoms with van der Waals surface area (Å²) in [4.78, 5) is 22.4. The molecule has 0 radical (unpaired) electrons. The van der Waals surface area contributed by atoms with Crippen LogP contribution in [0.3, 0.4) is 0 Å². The lowest BCUT2D eigenvalue weighted by Gasteiger charge is -2.17. The molecule has 0 saturated heterocycles. The van der Waals surface area contributed by atoms with Gasteiger partial charge < -0.3 is 28.8 Å². The maximum absolute atomic E-state index is 11.2. The minimum atomic E-state index is -0.778. The minimum Gasteiger partial charge on any atom is -0.489 e. The average Bonchev–Trinajstić information content (AvgIpc) is 4.05. The van der Waals surface area contributed by atoms with Crippen molar-refractivity contribution in [3.05, 3.63) is 126 Å². The Morgan fingerprint density at radius 1 is 0.645 bits per heavy atom. The quantitative estimate of drug-likeness (QED) is 0.138. The molecular weight excluding hydrogens is 870 g/mol. The van der Waals surface area contributed by atoms with Gasteiger partial charge >= 0.3 is 11.9 Å². The van der Waals surface area contributed by atoms with E-state index >= 15 is 0 Å². The first-order valence-corrected chi connectivity index (χ1v) is 21.8. The Bertz CT molecular complexity index is 2640. The van der Waals surface area contributed by atoms with Crippen LogP contribution in [0.5, 0.6) is 11.5 Å². The highest BCUT2D eigenvalue weighted by atomic mass is 35.5. The molecule has 2 N–H and O–H groups in total. The number of nitriles is 2. The summed E-state index contributed by atoms with van der Waals surface area (Å²) >= 11 is 26.4. The van der Waals surface area contributed by atoms with Gasteiger partial charge in [-0.15, -0.1) is 0 Å². The number of carboxylic acid groups (broad SMARTS) is 2. The normalized spacial score (nSPS) is 18.3. The number of ether oxygens (including phenoxy) is 2. The molecule has 4 atom stereocenters. The number of nitrogens with zero attached hydrogens (tertiary/aromatic N) is 4.